The van der Waals surface area contributed by atoms with Crippen LogP contribution in [0.5, 0.6) is 0 Å². The van der Waals surface area contributed by atoms with Gasteiger partial charge >= 0.3 is 5.97 Å². The van der Waals surface area contributed by atoms with Crippen LogP contribution in [0.3, 0.4) is 0 Å². The van der Waals surface area contributed by atoms with Gasteiger partial charge in [-0.1, -0.05) is 0 Å². The zero-order valence-electron chi connectivity index (χ0n) is 11.6. The van der Waals surface area contributed by atoms with Gasteiger partial charge in [0, 0.05) is 24.6 Å². The lowest BCUT2D eigenvalue weighted by Crippen LogP contribution is -2.26. The highest BCUT2D eigenvalue weighted by atomic mass is 32.2. The number of aryl methyl sites for hydroxylation is 1. The number of carboxylic acids is 1. The molecule has 0 aliphatic rings. The second-order valence-corrected chi connectivity index (χ2v) is 6.29. The normalized spacial score (nSPS) is 11.3. The van der Waals surface area contributed by atoms with Crippen molar-refractivity contribution < 1.29 is 23.2 Å². The van der Waals surface area contributed by atoms with E-state index >= 15 is 0 Å². The van der Waals surface area contributed by atoms with Crippen LogP contribution in [0.1, 0.15) is 24.0 Å². The maximum absolute atomic E-state index is 12.1. The fourth-order valence-corrected chi connectivity index (χ4v) is 3.22. The predicted octanol–water partition coefficient (Wildman–Crippen LogP) is 1.35. The van der Waals surface area contributed by atoms with Crippen LogP contribution in [0.25, 0.3) is 0 Å². The Kier molecular flexibility index (Phi) is 5.39. The first-order valence-electron chi connectivity index (χ1n) is 6.12. The summed E-state index contributed by atoms with van der Waals surface area (Å²) < 4.78 is 26.5. The number of sulfonamides is 1. The molecule has 8 nitrogen and oxygen atoms in total. The Labute approximate surface area is 122 Å². The lowest BCUT2D eigenvalue weighted by molar-refractivity contribution is -0.385. The number of hydrogen-bond donors (Lipinski definition) is 2. The van der Waals surface area contributed by atoms with Gasteiger partial charge in [-0.2, -0.15) is 0 Å². The topological polar surface area (TPSA) is 127 Å². The van der Waals surface area contributed by atoms with Crippen molar-refractivity contribution in [1.29, 1.82) is 0 Å². The minimum Gasteiger partial charge on any atom is -0.481 e. The smallest absolute Gasteiger partial charge is 0.303 e. The van der Waals surface area contributed by atoms with Crippen LogP contribution in [-0.4, -0.2) is 31.0 Å². The highest BCUT2D eigenvalue weighted by Gasteiger charge is 2.23. The number of carbonyl (C=O) groups is 1. The van der Waals surface area contributed by atoms with Crippen LogP contribution >= 0.6 is 0 Å². The van der Waals surface area contributed by atoms with Crippen molar-refractivity contribution in [2.45, 2.75) is 31.6 Å². The number of aliphatic carboxylic acids is 1. The Balaban J connectivity index is 3.03. The van der Waals surface area contributed by atoms with Gasteiger partial charge in [-0.15, -0.1) is 0 Å². The lowest BCUT2D eigenvalue weighted by Gasteiger charge is -2.10. The molecule has 0 atom stereocenters. The molecule has 0 fully saturated rings. The number of nitrogens with zero attached hydrogens (tertiary/aromatic N) is 1. The first-order chi connectivity index (χ1) is 9.65. The van der Waals surface area contributed by atoms with E-state index in [0.29, 0.717) is 5.56 Å². The number of carboxylic acid groups (broad SMARTS) is 1. The Hall–Kier alpha value is -2.00. The van der Waals surface area contributed by atoms with Gasteiger partial charge in [0.25, 0.3) is 5.69 Å². The molecule has 1 aromatic rings. The monoisotopic (exact) mass is 316 g/mol. The van der Waals surface area contributed by atoms with E-state index in [-0.39, 0.29) is 35.5 Å². The predicted molar refractivity (Wildman–Crippen MR) is 74.6 cm³/mol. The summed E-state index contributed by atoms with van der Waals surface area (Å²) in [6.45, 7) is 2.88. The van der Waals surface area contributed by atoms with Gasteiger partial charge in [0.1, 0.15) is 0 Å². The summed E-state index contributed by atoms with van der Waals surface area (Å²) in [5, 5.41) is 19.4. The van der Waals surface area contributed by atoms with E-state index in [1.54, 1.807) is 6.92 Å². The molecule has 0 bridgehead atoms. The fraction of sp³-hybridized carbons (Fsp3) is 0.417. The summed E-state index contributed by atoms with van der Waals surface area (Å²) in [5.41, 5.74) is 0.246. The van der Waals surface area contributed by atoms with Crippen molar-refractivity contribution >= 4 is 21.7 Å². The average Bonchev–Trinajstić information content (AvgIpc) is 2.36. The summed E-state index contributed by atoms with van der Waals surface area (Å²) in [4.78, 5) is 20.5. The molecule has 0 unspecified atom stereocenters. The molecule has 0 aromatic heterocycles. The zero-order valence-corrected chi connectivity index (χ0v) is 12.4. The molecular weight excluding hydrogens is 300 g/mol. The quantitative estimate of drug-likeness (QED) is 0.444. The molecule has 0 aliphatic heterocycles. The minimum atomic E-state index is -3.91. The van der Waals surface area contributed by atoms with Crippen LogP contribution in [0, 0.1) is 24.0 Å². The van der Waals surface area contributed by atoms with Crippen molar-refractivity contribution in [1.82, 2.24) is 4.72 Å². The Morgan fingerprint density at radius 1 is 1.38 bits per heavy atom. The molecule has 0 radical (unpaired) electrons. The van der Waals surface area contributed by atoms with Crippen LogP contribution < -0.4 is 4.72 Å². The number of nitrogens with one attached hydrogen (secondary N) is 1. The van der Waals surface area contributed by atoms with Gasteiger partial charge in [-0.25, -0.2) is 13.1 Å². The Bertz CT molecular complexity index is 669. The van der Waals surface area contributed by atoms with Crippen molar-refractivity contribution in [2.24, 2.45) is 0 Å². The lowest BCUT2D eigenvalue weighted by atomic mass is 10.1. The van der Waals surface area contributed by atoms with Crippen molar-refractivity contribution in [3.63, 3.8) is 0 Å². The van der Waals surface area contributed by atoms with E-state index in [9.17, 15) is 23.3 Å². The molecule has 116 valence electrons. The second kappa shape index (κ2) is 6.64. The maximum Gasteiger partial charge on any atom is 0.303 e. The van der Waals surface area contributed by atoms with Gasteiger partial charge in [-0.3, -0.25) is 14.9 Å². The standard InChI is InChI=1S/C12H16N2O6S/c1-8-6-10(14(17)18)9(2)11(7-8)21(19,20)13-5-3-4-12(15)16/h6-7,13H,3-5H2,1-2H3,(H,15,16). The average molecular weight is 316 g/mol. The molecule has 21 heavy (non-hydrogen) atoms. The summed E-state index contributed by atoms with van der Waals surface area (Å²) in [5.74, 6) is -1.02. The fourth-order valence-electron chi connectivity index (χ4n) is 1.80. The van der Waals surface area contributed by atoms with Gasteiger partial charge < -0.3 is 5.11 Å². The second-order valence-electron chi connectivity index (χ2n) is 4.56. The van der Waals surface area contributed by atoms with Crippen molar-refractivity contribution in [3.05, 3.63) is 33.4 Å². The number of hydrogen-bond acceptors (Lipinski definition) is 5. The van der Waals surface area contributed by atoms with E-state index in [0.717, 1.165) is 0 Å². The molecule has 0 saturated heterocycles. The molecule has 1 rings (SSSR count). The number of benzene rings is 1. The van der Waals surface area contributed by atoms with E-state index in [2.05, 4.69) is 4.72 Å². The molecule has 0 spiro atoms. The molecular formula is C12H16N2O6S. The summed E-state index contributed by atoms with van der Waals surface area (Å²) in [6, 6.07) is 2.65. The van der Waals surface area contributed by atoms with E-state index < -0.39 is 20.9 Å². The molecule has 0 aliphatic carbocycles. The molecule has 9 heteroatoms. The number of nitro benzene ring substituents is 1. The third-order valence-electron chi connectivity index (χ3n) is 2.82. The molecule has 0 saturated carbocycles. The SMILES string of the molecule is Cc1cc([N+](=O)[O-])c(C)c(S(=O)(=O)NCCCC(=O)O)c1. The third kappa shape index (κ3) is 4.50. The van der Waals surface area contributed by atoms with Crippen molar-refractivity contribution in [2.75, 3.05) is 6.54 Å². The summed E-state index contributed by atoms with van der Waals surface area (Å²) in [6.07, 6.45) is -0.0169. The van der Waals surface area contributed by atoms with Crippen molar-refractivity contribution in [3.8, 4) is 0 Å². The van der Waals surface area contributed by atoms with Crippen LogP contribution in [0.4, 0.5) is 5.69 Å². The number of nitro groups is 1. The van der Waals surface area contributed by atoms with Crippen LogP contribution in [0.2, 0.25) is 0 Å². The van der Waals surface area contributed by atoms with Gasteiger partial charge in [0.2, 0.25) is 10.0 Å². The highest BCUT2D eigenvalue weighted by molar-refractivity contribution is 7.89. The first kappa shape index (κ1) is 17.1. The van der Waals surface area contributed by atoms with Crippen LogP contribution in [-0.2, 0) is 14.8 Å². The first-order valence-corrected chi connectivity index (χ1v) is 7.60. The largest absolute Gasteiger partial charge is 0.481 e. The van der Waals surface area contributed by atoms with Gasteiger partial charge in [0.15, 0.2) is 0 Å². The zero-order chi connectivity index (χ0) is 16.2. The Morgan fingerprint density at radius 3 is 2.52 bits per heavy atom. The van der Waals surface area contributed by atoms with E-state index in [1.807, 2.05) is 0 Å². The van der Waals surface area contributed by atoms with E-state index in [1.165, 1.54) is 19.1 Å². The molecule has 0 heterocycles. The number of rotatable bonds is 7. The minimum absolute atomic E-state index is 0.0458. The molecule has 0 amide bonds. The van der Waals surface area contributed by atoms with Crippen LogP contribution in [0.15, 0.2) is 17.0 Å². The van der Waals surface area contributed by atoms with Gasteiger partial charge in [-0.05, 0) is 31.9 Å². The third-order valence-corrected chi connectivity index (χ3v) is 4.41. The highest BCUT2D eigenvalue weighted by Crippen LogP contribution is 2.26. The summed E-state index contributed by atoms with van der Waals surface area (Å²) in [7, 11) is -3.91. The van der Waals surface area contributed by atoms with E-state index in [4.69, 9.17) is 5.11 Å². The van der Waals surface area contributed by atoms with Gasteiger partial charge in [0.05, 0.1) is 9.82 Å². The summed E-state index contributed by atoms with van der Waals surface area (Å²) >= 11 is 0. The Morgan fingerprint density at radius 2 is 2.00 bits per heavy atom. The maximum atomic E-state index is 12.1. The molecule has 2 N–H and O–H groups in total. The molecule has 1 aromatic carbocycles.